The van der Waals surface area contributed by atoms with Gasteiger partial charge in [-0.15, -0.1) is 0 Å². The summed E-state index contributed by atoms with van der Waals surface area (Å²) in [6.07, 6.45) is -15.9. The highest BCUT2D eigenvalue weighted by Crippen LogP contribution is 2.59. The Hall–Kier alpha value is -5.12. The summed E-state index contributed by atoms with van der Waals surface area (Å²) in [5, 5.41) is 81.3. The molecular formula is C50H50O11. The van der Waals surface area contributed by atoms with Crippen LogP contribution >= 0.6 is 0 Å². The Labute approximate surface area is 354 Å². The zero-order chi connectivity index (χ0) is 42.6. The molecule has 316 valence electrons. The van der Waals surface area contributed by atoms with Gasteiger partial charge >= 0.3 is 0 Å². The molecule has 2 fully saturated rings. The van der Waals surface area contributed by atoms with Gasteiger partial charge in [0.1, 0.15) is 53.9 Å². The van der Waals surface area contributed by atoms with E-state index >= 15 is 0 Å². The van der Waals surface area contributed by atoms with Crippen LogP contribution < -0.4 is 0 Å². The van der Waals surface area contributed by atoms with Crippen molar-refractivity contribution in [2.24, 2.45) is 0 Å². The fourth-order valence-corrected chi connectivity index (χ4v) is 9.37. The predicted molar refractivity (Wildman–Crippen MR) is 225 cm³/mol. The topological polar surface area (TPSA) is 179 Å². The number of aliphatic hydroxyl groups is 7. The van der Waals surface area contributed by atoms with Crippen LogP contribution in [0.25, 0.3) is 0 Å². The lowest BCUT2D eigenvalue weighted by atomic mass is 9.54. The van der Waals surface area contributed by atoms with Crippen LogP contribution in [0.1, 0.15) is 33.4 Å². The molecule has 2 saturated heterocycles. The minimum Gasteiger partial charge on any atom is -0.394 e. The maximum atomic E-state index is 13.7. The van der Waals surface area contributed by atoms with Crippen LogP contribution in [0.2, 0.25) is 0 Å². The molecule has 0 amide bonds. The number of benzene rings is 6. The van der Waals surface area contributed by atoms with Crippen LogP contribution in [-0.4, -0.2) is 110 Å². The summed E-state index contributed by atoms with van der Waals surface area (Å²) in [6.45, 7) is -1.53. The molecule has 0 aliphatic carbocycles. The van der Waals surface area contributed by atoms with E-state index in [0.717, 1.165) is 0 Å². The minimum absolute atomic E-state index is 0.582. The second kappa shape index (κ2) is 18.1. The molecule has 11 heteroatoms. The number of ether oxygens (including phenoxy) is 4. The Bertz CT molecular complexity index is 2070. The highest BCUT2D eigenvalue weighted by molar-refractivity contribution is 5.57. The highest BCUT2D eigenvalue weighted by Gasteiger charge is 2.72. The Balaban J connectivity index is 1.52. The summed E-state index contributed by atoms with van der Waals surface area (Å²) in [6, 6.07) is 56.4. The van der Waals surface area contributed by atoms with E-state index in [1.54, 1.807) is 0 Å². The lowest BCUT2D eigenvalue weighted by molar-refractivity contribution is -0.404. The molecule has 61 heavy (non-hydrogen) atoms. The molecule has 0 saturated carbocycles. The highest BCUT2D eigenvalue weighted by atomic mass is 16.8. The Kier molecular flexibility index (Phi) is 12.6. The fourth-order valence-electron chi connectivity index (χ4n) is 9.37. The van der Waals surface area contributed by atoms with Crippen molar-refractivity contribution in [3.05, 3.63) is 215 Å². The average Bonchev–Trinajstić information content (AvgIpc) is 3.32. The van der Waals surface area contributed by atoms with Gasteiger partial charge in [0.15, 0.2) is 12.6 Å². The van der Waals surface area contributed by atoms with Gasteiger partial charge in [-0.3, -0.25) is 0 Å². The maximum absolute atomic E-state index is 13.7. The lowest BCUT2D eigenvalue weighted by Gasteiger charge is -2.62. The molecule has 2 heterocycles. The van der Waals surface area contributed by atoms with E-state index in [0.29, 0.717) is 33.4 Å². The molecule has 2 aliphatic heterocycles. The van der Waals surface area contributed by atoms with E-state index in [2.05, 4.69) is 0 Å². The van der Waals surface area contributed by atoms with Crippen LogP contribution in [0, 0.1) is 0 Å². The van der Waals surface area contributed by atoms with Gasteiger partial charge in [-0.05, 0) is 33.4 Å². The summed E-state index contributed by atoms with van der Waals surface area (Å²) >= 11 is 0. The van der Waals surface area contributed by atoms with Crippen molar-refractivity contribution >= 4 is 0 Å². The standard InChI is InChI=1S/C50H50O11/c51-31-39-41(53)42(54)43(55)46(58-39)60-47-45(57)50(44(56)40(32-52)59-47,48(33-19-7-1-8-20-33,34-21-9-2-10-22-34)35-23-11-3-12-24-35)61-49(36-25-13-4-14-26-36,37-27-15-5-16-28-37)38-29-17-6-18-30-38/h1-30,39-47,51-57H,31-32H2/t39-,40-,41-,42+,43-,44-,45+,46-,47-,50+/m1/s1. The monoisotopic (exact) mass is 826 g/mol. The van der Waals surface area contributed by atoms with Gasteiger partial charge in [0.25, 0.3) is 0 Å². The number of aliphatic hydroxyl groups excluding tert-OH is 7. The molecule has 0 spiro atoms. The van der Waals surface area contributed by atoms with Crippen LogP contribution in [0.4, 0.5) is 0 Å². The summed E-state index contributed by atoms with van der Waals surface area (Å²) < 4.78 is 26.6. The Morgan fingerprint density at radius 2 is 0.754 bits per heavy atom. The Morgan fingerprint density at radius 3 is 1.11 bits per heavy atom. The fraction of sp³-hybridized carbons (Fsp3) is 0.280. The summed E-state index contributed by atoms with van der Waals surface area (Å²) in [7, 11) is 0. The number of rotatable bonds is 13. The molecule has 0 unspecified atom stereocenters. The first kappa shape index (κ1) is 42.6. The van der Waals surface area contributed by atoms with Crippen LogP contribution in [0.15, 0.2) is 182 Å². The van der Waals surface area contributed by atoms with E-state index in [1.165, 1.54) is 0 Å². The van der Waals surface area contributed by atoms with E-state index < -0.39 is 85.1 Å². The third-order valence-corrected chi connectivity index (χ3v) is 12.2. The normalized spacial score (nSPS) is 28.3. The summed E-state index contributed by atoms with van der Waals surface area (Å²) in [5.41, 5.74) is -2.10. The van der Waals surface area contributed by atoms with Gasteiger partial charge in [0, 0.05) is 0 Å². The first-order valence-corrected chi connectivity index (χ1v) is 20.4. The van der Waals surface area contributed by atoms with Gasteiger partial charge in [-0.2, -0.15) is 0 Å². The lowest BCUT2D eigenvalue weighted by Crippen LogP contribution is -2.78. The zero-order valence-corrected chi connectivity index (χ0v) is 33.2. The minimum atomic E-state index is -2.37. The molecule has 11 nitrogen and oxygen atoms in total. The summed E-state index contributed by atoms with van der Waals surface area (Å²) in [4.78, 5) is 0. The Morgan fingerprint density at radius 1 is 0.410 bits per heavy atom. The molecule has 0 aromatic heterocycles. The molecule has 0 radical (unpaired) electrons. The van der Waals surface area contributed by atoms with Gasteiger partial charge in [0.05, 0.1) is 18.6 Å². The van der Waals surface area contributed by atoms with Crippen molar-refractivity contribution in [2.45, 2.75) is 71.9 Å². The summed E-state index contributed by atoms with van der Waals surface area (Å²) in [5.74, 6) is 0. The first-order valence-electron chi connectivity index (χ1n) is 20.4. The van der Waals surface area contributed by atoms with Crippen molar-refractivity contribution in [1.82, 2.24) is 0 Å². The maximum Gasteiger partial charge on any atom is 0.190 e. The second-order valence-electron chi connectivity index (χ2n) is 15.5. The van der Waals surface area contributed by atoms with Crippen molar-refractivity contribution in [3.8, 4) is 0 Å². The van der Waals surface area contributed by atoms with Gasteiger partial charge in [0.2, 0.25) is 0 Å². The van der Waals surface area contributed by atoms with Gasteiger partial charge in [-0.25, -0.2) is 0 Å². The third kappa shape index (κ3) is 7.21. The van der Waals surface area contributed by atoms with E-state index in [9.17, 15) is 35.7 Å². The quantitative estimate of drug-likeness (QED) is 0.0838. The molecule has 7 N–H and O–H groups in total. The van der Waals surface area contributed by atoms with Crippen molar-refractivity contribution < 1.29 is 54.7 Å². The first-order chi connectivity index (χ1) is 29.7. The van der Waals surface area contributed by atoms with Crippen LogP contribution in [0.3, 0.4) is 0 Å². The molecule has 6 aromatic rings. The molecular weight excluding hydrogens is 777 g/mol. The van der Waals surface area contributed by atoms with Gasteiger partial charge in [-0.1, -0.05) is 182 Å². The average molecular weight is 827 g/mol. The molecule has 2 aliphatic rings. The van der Waals surface area contributed by atoms with Crippen molar-refractivity contribution in [2.75, 3.05) is 13.2 Å². The van der Waals surface area contributed by atoms with Crippen LogP contribution in [-0.2, 0) is 30.0 Å². The largest absolute Gasteiger partial charge is 0.394 e. The molecule has 10 atom stereocenters. The van der Waals surface area contributed by atoms with Crippen molar-refractivity contribution in [3.63, 3.8) is 0 Å². The van der Waals surface area contributed by atoms with Crippen molar-refractivity contribution in [1.29, 1.82) is 0 Å². The van der Waals surface area contributed by atoms with E-state index in [-0.39, 0.29) is 0 Å². The molecule has 0 bridgehead atoms. The van der Waals surface area contributed by atoms with E-state index in [4.69, 9.17) is 18.9 Å². The smallest absolute Gasteiger partial charge is 0.190 e. The predicted octanol–water partition coefficient (Wildman–Crippen LogP) is 4.02. The second-order valence-corrected chi connectivity index (χ2v) is 15.5. The number of hydrogen-bond donors (Lipinski definition) is 7. The number of hydrogen-bond acceptors (Lipinski definition) is 11. The van der Waals surface area contributed by atoms with Crippen LogP contribution in [0.5, 0.6) is 0 Å². The van der Waals surface area contributed by atoms with E-state index in [1.807, 2.05) is 182 Å². The zero-order valence-electron chi connectivity index (χ0n) is 33.2. The molecule has 6 aromatic carbocycles. The molecule has 8 rings (SSSR count). The SMILES string of the molecule is OC[C@H]1O[C@H](O[C@H]2O[C@H](CO)[C@@H](O)[C@@](OC(c3ccccc3)(c3ccccc3)c3ccccc3)(C(c3ccccc3)(c3ccccc3)c3ccccc3)[C@H]2O)[C@H](O)[C@@H](O)[C@@H]1O. The third-order valence-electron chi connectivity index (χ3n) is 12.2. The van der Waals surface area contributed by atoms with Gasteiger partial charge < -0.3 is 54.7 Å².